The lowest BCUT2D eigenvalue weighted by molar-refractivity contribution is -0.274. The Morgan fingerprint density at radius 2 is 2.22 bits per heavy atom. The summed E-state index contributed by atoms with van der Waals surface area (Å²) in [5, 5.41) is 14.3. The van der Waals surface area contributed by atoms with Crippen LogP contribution in [0.15, 0.2) is 41.3 Å². The van der Waals surface area contributed by atoms with E-state index < -0.39 is 13.0 Å². The van der Waals surface area contributed by atoms with E-state index in [1.54, 1.807) is 0 Å². The second-order valence-corrected chi connectivity index (χ2v) is 3.13. The summed E-state index contributed by atoms with van der Waals surface area (Å²) in [6.07, 6.45) is -3.54. The fourth-order valence-corrected chi connectivity index (χ4v) is 1.06. The molecule has 0 amide bonds. The molecule has 98 valence electrons. The number of aliphatic hydroxyl groups excluding tert-OH is 1. The van der Waals surface area contributed by atoms with Crippen molar-refractivity contribution in [1.29, 1.82) is 5.53 Å². The van der Waals surface area contributed by atoms with Gasteiger partial charge in [0.05, 0.1) is 6.61 Å². The smallest absolute Gasteiger partial charge is 0.406 e. The maximum Gasteiger partial charge on any atom is 0.573 e. The lowest BCUT2D eigenvalue weighted by atomic mass is 10.3. The number of benzene rings is 1. The molecule has 1 rings (SSSR count). The highest BCUT2D eigenvalue weighted by atomic mass is 19.4. The van der Waals surface area contributed by atoms with Crippen LogP contribution in [0.4, 0.5) is 18.9 Å². The molecule has 0 saturated carbocycles. The number of anilines is 1. The molecule has 0 aliphatic heterocycles. The monoisotopic (exact) mass is 261 g/mol. The molecule has 0 aliphatic rings. The molecule has 0 fully saturated rings. The average Bonchev–Trinajstić information content (AvgIpc) is 2.28. The lowest BCUT2D eigenvalue weighted by Gasteiger charge is -2.10. The van der Waals surface area contributed by atoms with Gasteiger partial charge in [0.25, 0.3) is 0 Å². The first-order chi connectivity index (χ1) is 8.44. The van der Waals surface area contributed by atoms with E-state index in [1.165, 1.54) is 18.3 Å². The number of hydrogen-bond acceptors (Lipinski definition) is 5. The third kappa shape index (κ3) is 4.83. The zero-order valence-corrected chi connectivity index (χ0v) is 9.03. The van der Waals surface area contributed by atoms with Crippen LogP contribution >= 0.6 is 0 Å². The molecule has 0 aromatic heterocycles. The van der Waals surface area contributed by atoms with Crippen LogP contribution in [0.2, 0.25) is 0 Å². The van der Waals surface area contributed by atoms with Crippen molar-refractivity contribution >= 4 is 5.69 Å². The van der Waals surface area contributed by atoms with Gasteiger partial charge in [0.1, 0.15) is 11.4 Å². The number of halogens is 3. The van der Waals surface area contributed by atoms with Crippen molar-refractivity contribution in [2.75, 3.05) is 11.9 Å². The van der Waals surface area contributed by atoms with Crippen LogP contribution in [0.1, 0.15) is 0 Å². The predicted octanol–water partition coefficient (Wildman–Crippen LogP) is 2.86. The SMILES string of the molecule is N=N/C(=C\Nc1cccc(OC(F)(F)F)c1)CO. The third-order valence-corrected chi connectivity index (χ3v) is 1.78. The Bertz CT molecular complexity index is 446. The van der Waals surface area contributed by atoms with Gasteiger partial charge in [-0.05, 0) is 12.1 Å². The number of nitrogens with one attached hydrogen (secondary N) is 2. The summed E-state index contributed by atoms with van der Waals surface area (Å²) in [4.78, 5) is 0. The van der Waals surface area contributed by atoms with Crippen LogP contribution in [-0.2, 0) is 0 Å². The molecule has 0 aliphatic carbocycles. The molecule has 0 spiro atoms. The lowest BCUT2D eigenvalue weighted by Crippen LogP contribution is -2.17. The summed E-state index contributed by atoms with van der Waals surface area (Å²) in [6.45, 7) is -0.449. The van der Waals surface area contributed by atoms with Crippen LogP contribution in [0.3, 0.4) is 0 Å². The largest absolute Gasteiger partial charge is 0.573 e. The van der Waals surface area contributed by atoms with Crippen LogP contribution in [0, 0.1) is 5.53 Å². The molecule has 3 N–H and O–H groups in total. The second kappa shape index (κ2) is 6.01. The van der Waals surface area contributed by atoms with E-state index in [4.69, 9.17) is 10.6 Å². The fraction of sp³-hybridized carbons (Fsp3) is 0.200. The normalized spacial score (nSPS) is 12.1. The molecule has 0 atom stereocenters. The zero-order valence-electron chi connectivity index (χ0n) is 9.03. The highest BCUT2D eigenvalue weighted by molar-refractivity contribution is 5.50. The van der Waals surface area contributed by atoms with Gasteiger partial charge in [-0.3, -0.25) is 0 Å². The quantitative estimate of drug-likeness (QED) is 0.713. The second-order valence-electron chi connectivity index (χ2n) is 3.13. The number of nitrogens with zero attached hydrogens (tertiary/aromatic N) is 1. The minimum absolute atomic E-state index is 0.0390. The van der Waals surface area contributed by atoms with Gasteiger partial charge in [-0.2, -0.15) is 5.11 Å². The number of rotatable bonds is 5. The summed E-state index contributed by atoms with van der Waals surface area (Å²) < 4.78 is 39.6. The molecule has 0 saturated heterocycles. The van der Waals surface area contributed by atoms with Crippen LogP contribution in [-0.4, -0.2) is 18.1 Å². The summed E-state index contributed by atoms with van der Waals surface area (Å²) in [6, 6.07) is 5.15. The van der Waals surface area contributed by atoms with Gasteiger partial charge < -0.3 is 15.2 Å². The molecular formula is C10H10F3N3O2. The van der Waals surface area contributed by atoms with Crippen LogP contribution < -0.4 is 10.1 Å². The summed E-state index contributed by atoms with van der Waals surface area (Å²) >= 11 is 0. The average molecular weight is 261 g/mol. The Morgan fingerprint density at radius 1 is 1.50 bits per heavy atom. The number of hydrogen-bond donors (Lipinski definition) is 3. The molecule has 8 heteroatoms. The molecular weight excluding hydrogens is 251 g/mol. The number of aliphatic hydroxyl groups is 1. The molecule has 0 radical (unpaired) electrons. The van der Waals surface area contributed by atoms with Gasteiger partial charge in [-0.25, -0.2) is 5.53 Å². The molecule has 18 heavy (non-hydrogen) atoms. The van der Waals surface area contributed by atoms with Gasteiger partial charge in [0.2, 0.25) is 0 Å². The standard InChI is InChI=1S/C10H10F3N3O2/c11-10(12,13)18-9-3-1-2-7(4-9)15-5-8(6-17)16-14/h1-5,14-15,17H,6H2/b8-5-,16-14?. The first kappa shape index (κ1) is 14.0. The molecule has 1 aromatic carbocycles. The van der Waals surface area contributed by atoms with E-state index in [0.29, 0.717) is 5.69 Å². The Kier molecular flexibility index (Phi) is 4.67. The first-order valence-electron chi connectivity index (χ1n) is 4.74. The maximum atomic E-state index is 12.0. The van der Waals surface area contributed by atoms with Crippen LogP contribution in [0.5, 0.6) is 5.75 Å². The first-order valence-corrected chi connectivity index (χ1v) is 4.74. The van der Waals surface area contributed by atoms with E-state index in [2.05, 4.69) is 15.2 Å². The van der Waals surface area contributed by atoms with E-state index in [9.17, 15) is 13.2 Å². The van der Waals surface area contributed by atoms with Crippen molar-refractivity contribution in [3.05, 3.63) is 36.2 Å². The summed E-state index contributed by atoms with van der Waals surface area (Å²) in [5.74, 6) is -0.366. The zero-order chi connectivity index (χ0) is 13.6. The Balaban J connectivity index is 2.76. The number of alkyl halides is 3. The molecule has 0 heterocycles. The van der Waals surface area contributed by atoms with Gasteiger partial charge in [0, 0.05) is 18.0 Å². The third-order valence-electron chi connectivity index (χ3n) is 1.78. The minimum Gasteiger partial charge on any atom is -0.406 e. The molecule has 5 nitrogen and oxygen atoms in total. The molecule has 1 aromatic rings. The maximum absolute atomic E-state index is 12.0. The van der Waals surface area contributed by atoms with E-state index in [-0.39, 0.29) is 11.4 Å². The highest BCUT2D eigenvalue weighted by Crippen LogP contribution is 2.25. The topological polar surface area (TPSA) is 77.7 Å². The van der Waals surface area contributed by atoms with Crippen molar-refractivity contribution in [2.45, 2.75) is 6.36 Å². The number of ether oxygens (including phenoxy) is 1. The Morgan fingerprint density at radius 3 is 2.78 bits per heavy atom. The fourth-order valence-electron chi connectivity index (χ4n) is 1.06. The predicted molar refractivity (Wildman–Crippen MR) is 57.1 cm³/mol. The van der Waals surface area contributed by atoms with Crippen molar-refractivity contribution in [2.24, 2.45) is 5.11 Å². The van der Waals surface area contributed by atoms with Crippen LogP contribution in [0.25, 0.3) is 0 Å². The van der Waals surface area contributed by atoms with E-state index in [0.717, 1.165) is 12.1 Å². The Labute approximate surface area is 100 Å². The highest BCUT2D eigenvalue weighted by Gasteiger charge is 2.31. The van der Waals surface area contributed by atoms with Crippen molar-refractivity contribution in [3.63, 3.8) is 0 Å². The van der Waals surface area contributed by atoms with Gasteiger partial charge >= 0.3 is 6.36 Å². The van der Waals surface area contributed by atoms with Crippen molar-refractivity contribution in [1.82, 2.24) is 0 Å². The van der Waals surface area contributed by atoms with Crippen molar-refractivity contribution in [3.8, 4) is 5.75 Å². The van der Waals surface area contributed by atoms with E-state index in [1.807, 2.05) is 0 Å². The van der Waals surface area contributed by atoms with Gasteiger partial charge in [-0.15, -0.1) is 13.2 Å². The molecule has 0 bridgehead atoms. The minimum atomic E-state index is -4.75. The molecule has 0 unspecified atom stereocenters. The summed E-state index contributed by atoms with van der Waals surface area (Å²) in [7, 11) is 0. The van der Waals surface area contributed by atoms with Gasteiger partial charge in [-0.1, -0.05) is 6.07 Å². The Hall–Kier alpha value is -2.09. The van der Waals surface area contributed by atoms with Gasteiger partial charge in [0.15, 0.2) is 0 Å². The van der Waals surface area contributed by atoms with Crippen molar-refractivity contribution < 1.29 is 23.0 Å². The summed E-state index contributed by atoms with van der Waals surface area (Å²) in [5.41, 5.74) is 7.02. The van der Waals surface area contributed by atoms with E-state index >= 15 is 0 Å².